The van der Waals surface area contributed by atoms with Gasteiger partial charge in [-0.1, -0.05) is 18.2 Å². The standard InChI is InChI=1S/C24H20FNO4/c1-28-20-7-3-5-17(23(20)25)18-6-2-4-16(26-18)13-22(27)24(10-11-24)15-8-9-19-21(12-15)30-14-29-19/h2-9,12H,10-11,13-14H2,1H3. The molecule has 6 heteroatoms. The number of Topliss-reactive ketones (excluding diaryl/α,β-unsaturated/α-hetero) is 1. The zero-order chi connectivity index (χ0) is 20.7. The normalized spacial score (nSPS) is 15.7. The van der Waals surface area contributed by atoms with Crippen molar-refractivity contribution in [1.29, 1.82) is 0 Å². The maximum Gasteiger partial charge on any atom is 0.231 e. The third-order valence-electron chi connectivity index (χ3n) is 5.82. The van der Waals surface area contributed by atoms with Gasteiger partial charge in [0.15, 0.2) is 23.1 Å². The van der Waals surface area contributed by atoms with Gasteiger partial charge in [0.25, 0.3) is 0 Å². The molecule has 1 aromatic heterocycles. The first-order chi connectivity index (χ1) is 14.6. The molecule has 2 aliphatic rings. The fourth-order valence-corrected chi connectivity index (χ4v) is 3.98. The maximum atomic E-state index is 14.6. The van der Waals surface area contributed by atoms with Crippen molar-refractivity contribution in [3.05, 3.63) is 71.7 Å². The smallest absolute Gasteiger partial charge is 0.231 e. The largest absolute Gasteiger partial charge is 0.494 e. The third kappa shape index (κ3) is 3.09. The first-order valence-electron chi connectivity index (χ1n) is 9.83. The van der Waals surface area contributed by atoms with Crippen LogP contribution in [0.15, 0.2) is 54.6 Å². The van der Waals surface area contributed by atoms with Crippen molar-refractivity contribution >= 4 is 5.78 Å². The summed E-state index contributed by atoms with van der Waals surface area (Å²) in [6.07, 6.45) is 1.79. The van der Waals surface area contributed by atoms with Crippen LogP contribution >= 0.6 is 0 Å². The second kappa shape index (κ2) is 7.13. The lowest BCUT2D eigenvalue weighted by Crippen LogP contribution is -2.23. The molecular formula is C24H20FNO4. The Hall–Kier alpha value is -3.41. The van der Waals surface area contributed by atoms with E-state index in [0.29, 0.717) is 28.5 Å². The van der Waals surface area contributed by atoms with Crippen molar-refractivity contribution in [1.82, 2.24) is 4.98 Å². The van der Waals surface area contributed by atoms with E-state index in [1.54, 1.807) is 36.4 Å². The lowest BCUT2D eigenvalue weighted by molar-refractivity contribution is -0.120. The van der Waals surface area contributed by atoms with E-state index in [1.807, 2.05) is 18.2 Å². The van der Waals surface area contributed by atoms with E-state index >= 15 is 0 Å². The third-order valence-corrected chi connectivity index (χ3v) is 5.82. The molecule has 1 aliphatic heterocycles. The van der Waals surface area contributed by atoms with Gasteiger partial charge in [-0.2, -0.15) is 0 Å². The molecule has 0 bridgehead atoms. The second-order valence-electron chi connectivity index (χ2n) is 7.59. The monoisotopic (exact) mass is 405 g/mol. The first kappa shape index (κ1) is 18.6. The summed E-state index contributed by atoms with van der Waals surface area (Å²) in [4.78, 5) is 17.8. The highest BCUT2D eigenvalue weighted by Gasteiger charge is 2.51. The molecule has 5 rings (SSSR count). The molecule has 0 N–H and O–H groups in total. The van der Waals surface area contributed by atoms with Crippen LogP contribution in [0.5, 0.6) is 17.2 Å². The molecule has 152 valence electrons. The number of hydrogen-bond acceptors (Lipinski definition) is 5. The van der Waals surface area contributed by atoms with Crippen LogP contribution in [-0.2, 0) is 16.6 Å². The molecular weight excluding hydrogens is 385 g/mol. The zero-order valence-corrected chi connectivity index (χ0v) is 16.5. The summed E-state index contributed by atoms with van der Waals surface area (Å²) in [7, 11) is 1.43. The summed E-state index contributed by atoms with van der Waals surface area (Å²) < 4.78 is 30.5. The number of carbonyl (C=O) groups is 1. The second-order valence-corrected chi connectivity index (χ2v) is 7.59. The number of hydrogen-bond donors (Lipinski definition) is 0. The highest BCUT2D eigenvalue weighted by atomic mass is 19.1. The van der Waals surface area contributed by atoms with E-state index in [4.69, 9.17) is 14.2 Å². The van der Waals surface area contributed by atoms with E-state index < -0.39 is 11.2 Å². The molecule has 3 aromatic rings. The topological polar surface area (TPSA) is 57.7 Å². The number of pyridine rings is 1. The van der Waals surface area contributed by atoms with Gasteiger partial charge in [-0.3, -0.25) is 9.78 Å². The van der Waals surface area contributed by atoms with Gasteiger partial charge >= 0.3 is 0 Å². The summed E-state index contributed by atoms with van der Waals surface area (Å²) in [6, 6.07) is 16.0. The van der Waals surface area contributed by atoms with Gasteiger partial charge in [0.2, 0.25) is 6.79 Å². The molecule has 0 unspecified atom stereocenters. The van der Waals surface area contributed by atoms with Gasteiger partial charge in [-0.15, -0.1) is 0 Å². The quantitative estimate of drug-likeness (QED) is 0.606. The number of rotatable bonds is 6. The Balaban J connectivity index is 1.40. The Morgan fingerprint density at radius 3 is 2.70 bits per heavy atom. The Kier molecular flexibility index (Phi) is 4.42. The number of methoxy groups -OCH3 is 1. The molecule has 30 heavy (non-hydrogen) atoms. The molecule has 0 spiro atoms. The van der Waals surface area contributed by atoms with Crippen LogP contribution in [0.25, 0.3) is 11.3 Å². The molecule has 0 atom stereocenters. The van der Waals surface area contributed by atoms with E-state index in [9.17, 15) is 9.18 Å². The minimum atomic E-state index is -0.500. The molecule has 1 saturated carbocycles. The van der Waals surface area contributed by atoms with Crippen LogP contribution in [-0.4, -0.2) is 24.7 Å². The van der Waals surface area contributed by atoms with E-state index in [2.05, 4.69) is 4.98 Å². The zero-order valence-electron chi connectivity index (χ0n) is 16.5. The Morgan fingerprint density at radius 1 is 1.10 bits per heavy atom. The molecule has 1 aliphatic carbocycles. The van der Waals surface area contributed by atoms with E-state index in [-0.39, 0.29) is 24.7 Å². The van der Waals surface area contributed by atoms with Crippen LogP contribution in [0.4, 0.5) is 4.39 Å². The highest BCUT2D eigenvalue weighted by Crippen LogP contribution is 2.51. The lowest BCUT2D eigenvalue weighted by atomic mass is 9.88. The first-order valence-corrected chi connectivity index (χ1v) is 9.83. The molecule has 0 saturated heterocycles. The molecule has 0 radical (unpaired) electrons. The van der Waals surface area contributed by atoms with E-state index in [0.717, 1.165) is 18.4 Å². The van der Waals surface area contributed by atoms with Crippen LogP contribution in [0.1, 0.15) is 24.1 Å². The molecule has 2 aromatic carbocycles. The predicted molar refractivity (Wildman–Crippen MR) is 108 cm³/mol. The van der Waals surface area contributed by atoms with Gasteiger partial charge in [0.1, 0.15) is 5.78 Å². The number of benzene rings is 2. The van der Waals surface area contributed by atoms with E-state index in [1.165, 1.54) is 7.11 Å². The van der Waals surface area contributed by atoms with Crippen molar-refractivity contribution in [2.75, 3.05) is 13.9 Å². The Morgan fingerprint density at radius 2 is 1.90 bits per heavy atom. The highest BCUT2D eigenvalue weighted by molar-refractivity contribution is 5.94. The van der Waals surface area contributed by atoms with Gasteiger partial charge in [0.05, 0.1) is 18.2 Å². The number of ether oxygens (including phenoxy) is 3. The van der Waals surface area contributed by atoms with Crippen LogP contribution in [0, 0.1) is 5.82 Å². The number of ketones is 1. The summed E-state index contributed by atoms with van der Waals surface area (Å²) >= 11 is 0. The van der Waals surface area contributed by atoms with Crippen molar-refractivity contribution < 1.29 is 23.4 Å². The minimum Gasteiger partial charge on any atom is -0.494 e. The molecule has 5 nitrogen and oxygen atoms in total. The average Bonchev–Trinajstić information content (AvgIpc) is 3.45. The van der Waals surface area contributed by atoms with Gasteiger partial charge in [-0.05, 0) is 54.8 Å². The number of fused-ring (bicyclic) bond motifs is 1. The SMILES string of the molecule is COc1cccc(-c2cccc(CC(=O)C3(c4ccc5c(c4)OCO5)CC3)n2)c1F. The van der Waals surface area contributed by atoms with Gasteiger partial charge < -0.3 is 14.2 Å². The number of carbonyl (C=O) groups excluding carboxylic acids is 1. The minimum absolute atomic E-state index is 0.108. The lowest BCUT2D eigenvalue weighted by Gasteiger charge is -2.15. The van der Waals surface area contributed by atoms with Gasteiger partial charge in [-0.25, -0.2) is 4.39 Å². The fourth-order valence-electron chi connectivity index (χ4n) is 3.98. The van der Waals surface area contributed by atoms with Crippen molar-refractivity contribution in [2.45, 2.75) is 24.7 Å². The van der Waals surface area contributed by atoms with Crippen LogP contribution in [0.3, 0.4) is 0 Å². The number of nitrogens with zero attached hydrogens (tertiary/aromatic N) is 1. The number of aromatic nitrogens is 1. The predicted octanol–water partition coefficient (Wildman–Crippen LogP) is 4.47. The number of halogens is 1. The summed E-state index contributed by atoms with van der Waals surface area (Å²) in [5.41, 5.74) is 1.89. The van der Waals surface area contributed by atoms with Crippen molar-refractivity contribution in [2.24, 2.45) is 0 Å². The van der Waals surface area contributed by atoms with Gasteiger partial charge in [0, 0.05) is 17.7 Å². The Bertz CT molecular complexity index is 1140. The average molecular weight is 405 g/mol. The van der Waals surface area contributed by atoms with Crippen LogP contribution < -0.4 is 14.2 Å². The summed E-state index contributed by atoms with van der Waals surface area (Å²) in [5, 5.41) is 0. The maximum absolute atomic E-state index is 14.6. The molecule has 2 heterocycles. The summed E-state index contributed by atoms with van der Waals surface area (Å²) in [5.74, 6) is 1.19. The molecule has 0 amide bonds. The van der Waals surface area contributed by atoms with Crippen LogP contribution in [0.2, 0.25) is 0 Å². The van der Waals surface area contributed by atoms with Crippen molar-refractivity contribution in [3.63, 3.8) is 0 Å². The van der Waals surface area contributed by atoms with Crippen molar-refractivity contribution in [3.8, 4) is 28.5 Å². The fraction of sp³-hybridized carbons (Fsp3) is 0.250. The Labute approximate surface area is 173 Å². The summed E-state index contributed by atoms with van der Waals surface area (Å²) in [6.45, 7) is 0.206. The molecule has 1 fully saturated rings.